The Bertz CT molecular complexity index is 1030. The van der Waals surface area contributed by atoms with Crippen molar-refractivity contribution in [2.24, 2.45) is 0 Å². The first kappa shape index (κ1) is 21.6. The van der Waals surface area contributed by atoms with Gasteiger partial charge in [-0.15, -0.1) is 0 Å². The lowest BCUT2D eigenvalue weighted by Gasteiger charge is -2.33. The third kappa shape index (κ3) is 5.75. The molecule has 1 unspecified atom stereocenters. The van der Waals surface area contributed by atoms with Crippen molar-refractivity contribution < 1.29 is 5.11 Å². The maximum Gasteiger partial charge on any atom is 0.223 e. The Morgan fingerprint density at radius 3 is 2.87 bits per heavy atom. The minimum Gasteiger partial charge on any atom is -0.506 e. The van der Waals surface area contributed by atoms with Gasteiger partial charge in [0.05, 0.1) is 10.7 Å². The van der Waals surface area contributed by atoms with Crippen molar-refractivity contribution in [2.75, 3.05) is 18.4 Å². The molecule has 1 aromatic heterocycles. The number of hydrogen-bond acceptors (Lipinski definition) is 5. The number of benzene rings is 2. The van der Waals surface area contributed by atoms with Crippen molar-refractivity contribution in [2.45, 2.75) is 45.2 Å². The highest BCUT2D eigenvalue weighted by atomic mass is 35.5. The van der Waals surface area contributed by atoms with E-state index in [-0.39, 0.29) is 5.75 Å². The molecule has 1 aliphatic heterocycles. The molecular formula is C25H29ClN4O. The van der Waals surface area contributed by atoms with Gasteiger partial charge in [0.25, 0.3) is 0 Å². The predicted octanol–water partition coefficient (Wildman–Crippen LogP) is 5.53. The molecule has 0 bridgehead atoms. The van der Waals surface area contributed by atoms with Gasteiger partial charge in [0.15, 0.2) is 0 Å². The van der Waals surface area contributed by atoms with Gasteiger partial charge in [-0.05, 0) is 68.1 Å². The highest BCUT2D eigenvalue weighted by molar-refractivity contribution is 6.32. The van der Waals surface area contributed by atoms with Crippen LogP contribution in [0.15, 0.2) is 54.7 Å². The van der Waals surface area contributed by atoms with Crippen LogP contribution in [0.1, 0.15) is 37.3 Å². The Balaban J connectivity index is 1.40. The zero-order chi connectivity index (χ0) is 21.6. The molecule has 0 spiro atoms. The Labute approximate surface area is 189 Å². The Kier molecular flexibility index (Phi) is 7.05. The quantitative estimate of drug-likeness (QED) is 0.509. The molecule has 4 rings (SSSR count). The number of halogens is 1. The van der Waals surface area contributed by atoms with E-state index in [1.807, 2.05) is 12.1 Å². The molecule has 1 saturated heterocycles. The lowest BCUT2D eigenvalue weighted by atomic mass is 10.0. The summed E-state index contributed by atoms with van der Waals surface area (Å²) in [5, 5.41) is 13.2. The van der Waals surface area contributed by atoms with Crippen LogP contribution in [0.4, 0.5) is 5.95 Å². The molecule has 31 heavy (non-hydrogen) atoms. The Morgan fingerprint density at radius 2 is 2.03 bits per heavy atom. The minimum atomic E-state index is 0.103. The highest BCUT2D eigenvalue weighted by Crippen LogP contribution is 2.25. The fourth-order valence-corrected chi connectivity index (χ4v) is 4.29. The molecule has 3 aromatic rings. The third-order valence-electron chi connectivity index (χ3n) is 5.91. The number of rotatable bonds is 7. The maximum absolute atomic E-state index is 9.54. The molecule has 5 nitrogen and oxygen atoms in total. The van der Waals surface area contributed by atoms with Gasteiger partial charge in [-0.25, -0.2) is 9.97 Å². The molecule has 1 atom stereocenters. The summed E-state index contributed by atoms with van der Waals surface area (Å²) in [7, 11) is 0. The van der Waals surface area contributed by atoms with Crippen LogP contribution in [0.3, 0.4) is 0 Å². The van der Waals surface area contributed by atoms with Crippen LogP contribution in [0.25, 0.3) is 11.3 Å². The molecule has 2 heterocycles. The van der Waals surface area contributed by atoms with Gasteiger partial charge < -0.3 is 10.4 Å². The number of piperidine rings is 1. The predicted molar refractivity (Wildman–Crippen MR) is 127 cm³/mol. The van der Waals surface area contributed by atoms with Gasteiger partial charge in [-0.3, -0.25) is 4.90 Å². The first-order valence-electron chi connectivity index (χ1n) is 11.0. The van der Waals surface area contributed by atoms with E-state index in [1.54, 1.807) is 18.3 Å². The van der Waals surface area contributed by atoms with E-state index in [9.17, 15) is 5.11 Å². The molecule has 0 amide bonds. The van der Waals surface area contributed by atoms with Gasteiger partial charge in [0.1, 0.15) is 5.75 Å². The minimum absolute atomic E-state index is 0.103. The van der Waals surface area contributed by atoms with Crippen LogP contribution in [-0.2, 0) is 13.0 Å². The highest BCUT2D eigenvalue weighted by Gasteiger charge is 2.18. The van der Waals surface area contributed by atoms with Crippen LogP contribution < -0.4 is 5.32 Å². The van der Waals surface area contributed by atoms with Gasteiger partial charge in [0.2, 0.25) is 5.95 Å². The van der Waals surface area contributed by atoms with E-state index < -0.39 is 0 Å². The van der Waals surface area contributed by atoms with Crippen molar-refractivity contribution in [1.29, 1.82) is 0 Å². The lowest BCUT2D eigenvalue weighted by molar-refractivity contribution is 0.152. The number of nitrogens with zero attached hydrogens (tertiary/aromatic N) is 3. The average molecular weight is 437 g/mol. The summed E-state index contributed by atoms with van der Waals surface area (Å²) in [6.45, 7) is 5.18. The summed E-state index contributed by atoms with van der Waals surface area (Å²) in [5.74, 6) is 0.712. The van der Waals surface area contributed by atoms with E-state index in [1.165, 1.54) is 31.4 Å². The van der Waals surface area contributed by atoms with E-state index in [0.29, 0.717) is 23.6 Å². The summed E-state index contributed by atoms with van der Waals surface area (Å²) >= 11 is 5.98. The number of aromatic hydroxyl groups is 1. The van der Waals surface area contributed by atoms with Crippen LogP contribution >= 0.6 is 11.6 Å². The molecule has 162 valence electrons. The summed E-state index contributed by atoms with van der Waals surface area (Å²) in [6, 6.07) is 16.5. The normalized spacial score (nSPS) is 16.9. The van der Waals surface area contributed by atoms with E-state index in [0.717, 1.165) is 29.8 Å². The van der Waals surface area contributed by atoms with Crippen molar-refractivity contribution >= 4 is 17.5 Å². The Hall–Kier alpha value is -2.63. The van der Waals surface area contributed by atoms with E-state index >= 15 is 0 Å². The van der Waals surface area contributed by atoms with E-state index in [4.69, 9.17) is 16.6 Å². The molecule has 0 radical (unpaired) electrons. The zero-order valence-electron chi connectivity index (χ0n) is 17.9. The first-order chi connectivity index (χ1) is 15.1. The third-order valence-corrected chi connectivity index (χ3v) is 6.22. The summed E-state index contributed by atoms with van der Waals surface area (Å²) in [6.07, 6.45) is 6.48. The number of nitrogens with one attached hydrogen (secondary N) is 1. The van der Waals surface area contributed by atoms with E-state index in [2.05, 4.69) is 46.4 Å². The molecule has 0 saturated carbocycles. The number of phenols is 1. The fraction of sp³-hybridized carbons (Fsp3) is 0.360. The molecule has 6 heteroatoms. The largest absolute Gasteiger partial charge is 0.506 e. The summed E-state index contributed by atoms with van der Waals surface area (Å²) in [5.41, 5.74) is 4.39. The first-order valence-corrected chi connectivity index (χ1v) is 11.3. The van der Waals surface area contributed by atoms with Crippen LogP contribution in [0.2, 0.25) is 5.02 Å². The second-order valence-electron chi connectivity index (χ2n) is 8.24. The van der Waals surface area contributed by atoms with Crippen LogP contribution in [-0.4, -0.2) is 39.1 Å². The van der Waals surface area contributed by atoms with Gasteiger partial charge in [-0.2, -0.15) is 0 Å². The molecule has 0 aliphatic carbocycles. The van der Waals surface area contributed by atoms with Gasteiger partial charge >= 0.3 is 0 Å². The standard InChI is InChI=1S/C25H29ClN4O/c1-18-5-2-3-14-30(18)17-20-6-4-7-21(15-20)23-11-13-28-25(29-23)27-12-10-19-8-9-24(31)22(26)16-19/h4,6-9,11,13,15-16,18,31H,2-3,5,10,12,14,17H2,1H3,(H,27,28,29). The fourth-order valence-electron chi connectivity index (χ4n) is 4.09. The van der Waals surface area contributed by atoms with Crippen molar-refractivity contribution in [3.63, 3.8) is 0 Å². The van der Waals surface area contributed by atoms with Crippen LogP contribution in [0, 0.1) is 0 Å². The maximum atomic E-state index is 9.54. The molecule has 2 N–H and O–H groups in total. The summed E-state index contributed by atoms with van der Waals surface area (Å²) in [4.78, 5) is 11.6. The van der Waals surface area contributed by atoms with Crippen LogP contribution in [0.5, 0.6) is 5.75 Å². The molecular weight excluding hydrogens is 408 g/mol. The molecule has 2 aromatic carbocycles. The van der Waals surface area contributed by atoms with Crippen molar-refractivity contribution in [3.8, 4) is 17.0 Å². The second-order valence-corrected chi connectivity index (χ2v) is 8.65. The number of aromatic nitrogens is 2. The van der Waals surface area contributed by atoms with Gasteiger partial charge in [-0.1, -0.05) is 42.3 Å². The van der Waals surface area contributed by atoms with Crippen molar-refractivity contribution in [1.82, 2.24) is 14.9 Å². The average Bonchev–Trinajstić information content (AvgIpc) is 2.78. The monoisotopic (exact) mass is 436 g/mol. The summed E-state index contributed by atoms with van der Waals surface area (Å²) < 4.78 is 0. The zero-order valence-corrected chi connectivity index (χ0v) is 18.6. The SMILES string of the molecule is CC1CCCCN1Cc1cccc(-c2ccnc(NCCc3ccc(O)c(Cl)c3)n2)c1. The number of hydrogen-bond donors (Lipinski definition) is 2. The number of anilines is 1. The van der Waals surface area contributed by atoms with Crippen molar-refractivity contribution in [3.05, 3.63) is 70.9 Å². The van der Waals surface area contributed by atoms with Gasteiger partial charge in [0, 0.05) is 30.9 Å². The Morgan fingerprint density at radius 1 is 1.13 bits per heavy atom. The number of likely N-dealkylation sites (tertiary alicyclic amines) is 1. The second kappa shape index (κ2) is 10.1. The molecule has 1 fully saturated rings. The molecule has 1 aliphatic rings. The smallest absolute Gasteiger partial charge is 0.223 e. The topological polar surface area (TPSA) is 61.3 Å². The lowest BCUT2D eigenvalue weighted by Crippen LogP contribution is -2.36. The number of phenolic OH excluding ortho intramolecular Hbond substituents is 1.